The maximum atomic E-state index is 13.1. The number of fused-ring (bicyclic) bond motifs is 3. The minimum Gasteiger partial charge on any atom is -0.456 e. The van der Waals surface area contributed by atoms with Crippen molar-refractivity contribution in [2.75, 3.05) is 6.54 Å². The predicted molar refractivity (Wildman–Crippen MR) is 126 cm³/mol. The first kappa shape index (κ1) is 21.2. The van der Waals surface area contributed by atoms with Gasteiger partial charge in [0.15, 0.2) is 0 Å². The summed E-state index contributed by atoms with van der Waals surface area (Å²) in [4.78, 5) is 14.3. The van der Waals surface area contributed by atoms with Crippen molar-refractivity contribution in [1.29, 1.82) is 0 Å². The Hall–Kier alpha value is -3.69. The van der Waals surface area contributed by atoms with Gasteiger partial charge in [-0.05, 0) is 41.5 Å². The lowest BCUT2D eigenvalue weighted by Crippen LogP contribution is -2.37. The van der Waals surface area contributed by atoms with E-state index < -0.39 is 16.1 Å². The molecule has 1 saturated heterocycles. The molecule has 1 fully saturated rings. The van der Waals surface area contributed by atoms with Gasteiger partial charge in [0, 0.05) is 36.3 Å². The zero-order valence-corrected chi connectivity index (χ0v) is 18.5. The van der Waals surface area contributed by atoms with E-state index in [1.165, 1.54) is 12.3 Å². The van der Waals surface area contributed by atoms with Gasteiger partial charge in [-0.3, -0.25) is 4.79 Å². The van der Waals surface area contributed by atoms with Crippen LogP contribution in [0.25, 0.3) is 21.9 Å². The van der Waals surface area contributed by atoms with Gasteiger partial charge in [-0.25, -0.2) is 13.1 Å². The summed E-state index contributed by atoms with van der Waals surface area (Å²) in [6.45, 7) is 0.681. The highest BCUT2D eigenvalue weighted by Gasteiger charge is 2.33. The Balaban J connectivity index is 1.33. The zero-order chi connectivity index (χ0) is 23.0. The Morgan fingerprint density at radius 3 is 2.73 bits per heavy atom. The highest BCUT2D eigenvalue weighted by Crippen LogP contribution is 2.30. The largest absolute Gasteiger partial charge is 0.456 e. The molecule has 1 aliphatic heterocycles. The summed E-state index contributed by atoms with van der Waals surface area (Å²) in [5.74, 6) is 5.11. The van der Waals surface area contributed by atoms with Gasteiger partial charge in [-0.15, -0.1) is 0 Å². The smallest absolute Gasteiger partial charge is 0.240 e. The van der Waals surface area contributed by atoms with Crippen molar-refractivity contribution in [3.05, 3.63) is 77.9 Å². The van der Waals surface area contributed by atoms with E-state index in [1.807, 2.05) is 48.5 Å². The molecule has 2 heterocycles. The molecular formula is C24H22N4O4S. The van der Waals surface area contributed by atoms with E-state index in [1.54, 1.807) is 17.0 Å². The van der Waals surface area contributed by atoms with Crippen molar-refractivity contribution in [3.8, 4) is 0 Å². The molecule has 1 aromatic heterocycles. The number of para-hydroxylation sites is 1. The highest BCUT2D eigenvalue weighted by atomic mass is 32.2. The van der Waals surface area contributed by atoms with E-state index in [2.05, 4.69) is 9.82 Å². The van der Waals surface area contributed by atoms with E-state index in [0.717, 1.165) is 21.9 Å². The normalized spacial score (nSPS) is 17.0. The summed E-state index contributed by atoms with van der Waals surface area (Å²) >= 11 is 0. The second-order valence-electron chi connectivity index (χ2n) is 8.08. The fraction of sp³-hybridized carbons (Fsp3) is 0.167. The molecule has 1 atom stereocenters. The molecule has 3 aromatic carbocycles. The molecule has 1 amide bonds. The van der Waals surface area contributed by atoms with Crippen LogP contribution in [-0.2, 0) is 21.4 Å². The van der Waals surface area contributed by atoms with E-state index in [9.17, 15) is 13.2 Å². The minimum atomic E-state index is -3.82. The van der Waals surface area contributed by atoms with Crippen molar-refractivity contribution >= 4 is 44.1 Å². The fourth-order valence-corrected chi connectivity index (χ4v) is 5.49. The lowest BCUT2D eigenvalue weighted by molar-refractivity contribution is -0.128. The van der Waals surface area contributed by atoms with Crippen LogP contribution in [0.5, 0.6) is 0 Å². The molecule has 3 N–H and O–H groups in total. The number of carbonyl (C=O) groups excluding carboxylic acids is 1. The predicted octanol–water partition coefficient (Wildman–Crippen LogP) is 2.96. The Morgan fingerprint density at radius 2 is 1.88 bits per heavy atom. The molecule has 8 nitrogen and oxygen atoms in total. The number of benzene rings is 3. The van der Waals surface area contributed by atoms with Gasteiger partial charge in [-0.2, -0.15) is 5.10 Å². The summed E-state index contributed by atoms with van der Waals surface area (Å²) in [6, 6.07) is 19.3. The summed E-state index contributed by atoms with van der Waals surface area (Å²) in [7, 11) is -3.82. The van der Waals surface area contributed by atoms with Crippen molar-refractivity contribution in [2.24, 2.45) is 10.9 Å². The van der Waals surface area contributed by atoms with Crippen LogP contribution in [0.4, 0.5) is 0 Å². The van der Waals surface area contributed by atoms with E-state index >= 15 is 0 Å². The topological polar surface area (TPSA) is 118 Å². The monoisotopic (exact) mass is 462 g/mol. The number of amides is 1. The fourth-order valence-electron chi connectivity index (χ4n) is 4.24. The lowest BCUT2D eigenvalue weighted by atomic mass is 10.1. The Bertz CT molecular complexity index is 1490. The quantitative estimate of drug-likeness (QED) is 0.259. The molecule has 0 radical (unpaired) electrons. The van der Waals surface area contributed by atoms with Gasteiger partial charge in [0.1, 0.15) is 11.2 Å². The number of hydrogen-bond acceptors (Lipinski definition) is 6. The van der Waals surface area contributed by atoms with Gasteiger partial charge in [0.25, 0.3) is 0 Å². The van der Waals surface area contributed by atoms with Crippen LogP contribution in [0.3, 0.4) is 0 Å². The van der Waals surface area contributed by atoms with Gasteiger partial charge in [-0.1, -0.05) is 36.4 Å². The number of nitrogens with zero attached hydrogens (tertiary/aromatic N) is 2. The molecule has 0 aliphatic carbocycles. The van der Waals surface area contributed by atoms with Crippen LogP contribution in [0, 0.1) is 0 Å². The SMILES string of the molecule is NN=Cc1cccc(CN2CC(NS(=O)(=O)c3ccc4oc5ccccc5c4c3)CC2=O)c1. The number of nitrogens with two attached hydrogens (primary N) is 1. The number of nitrogens with one attached hydrogen (secondary N) is 1. The van der Waals surface area contributed by atoms with Crippen LogP contribution in [0.15, 0.2) is 81.1 Å². The highest BCUT2D eigenvalue weighted by molar-refractivity contribution is 7.89. The summed E-state index contributed by atoms with van der Waals surface area (Å²) in [5.41, 5.74) is 3.08. The van der Waals surface area contributed by atoms with E-state index in [4.69, 9.17) is 10.3 Å². The first-order valence-electron chi connectivity index (χ1n) is 10.5. The van der Waals surface area contributed by atoms with Crippen molar-refractivity contribution < 1.29 is 17.6 Å². The number of sulfonamides is 1. The Morgan fingerprint density at radius 1 is 1.06 bits per heavy atom. The minimum absolute atomic E-state index is 0.100. The van der Waals surface area contributed by atoms with E-state index in [-0.39, 0.29) is 17.2 Å². The average Bonchev–Trinajstić information content (AvgIpc) is 3.33. The number of rotatable bonds is 6. The molecule has 0 saturated carbocycles. The second-order valence-corrected chi connectivity index (χ2v) is 9.79. The second kappa shape index (κ2) is 8.34. The molecule has 4 aromatic rings. The van der Waals surface area contributed by atoms with Crippen molar-refractivity contribution in [1.82, 2.24) is 9.62 Å². The van der Waals surface area contributed by atoms with Gasteiger partial charge >= 0.3 is 0 Å². The van der Waals surface area contributed by atoms with Crippen molar-refractivity contribution in [2.45, 2.75) is 23.9 Å². The number of carbonyl (C=O) groups is 1. The third kappa shape index (κ3) is 4.20. The molecular weight excluding hydrogens is 440 g/mol. The number of hydrazone groups is 1. The van der Waals surface area contributed by atoms with Gasteiger partial charge in [0.05, 0.1) is 11.1 Å². The molecule has 9 heteroatoms. The van der Waals surface area contributed by atoms with Crippen LogP contribution in [0.1, 0.15) is 17.5 Å². The lowest BCUT2D eigenvalue weighted by Gasteiger charge is -2.17. The van der Waals surface area contributed by atoms with Crippen LogP contribution >= 0.6 is 0 Å². The molecule has 0 bridgehead atoms. The number of likely N-dealkylation sites (tertiary alicyclic amines) is 1. The molecule has 5 rings (SSSR count). The summed E-state index contributed by atoms with van der Waals surface area (Å²) < 4.78 is 34.6. The first-order chi connectivity index (χ1) is 15.9. The average molecular weight is 463 g/mol. The number of hydrogen-bond donors (Lipinski definition) is 2. The summed E-state index contributed by atoms with van der Waals surface area (Å²) in [6.07, 6.45) is 1.65. The van der Waals surface area contributed by atoms with Crippen molar-refractivity contribution in [3.63, 3.8) is 0 Å². The third-order valence-electron chi connectivity index (χ3n) is 5.74. The standard InChI is InChI=1S/C24H22N4O4S/c25-26-13-16-4-3-5-17(10-16)14-28-15-18(11-24(28)29)27-33(30,31)19-8-9-23-21(12-19)20-6-1-2-7-22(20)32-23/h1-10,12-13,18,27H,11,14-15,25H2. The van der Waals surface area contributed by atoms with Gasteiger partial charge < -0.3 is 15.2 Å². The molecule has 1 unspecified atom stereocenters. The van der Waals surface area contributed by atoms with Crippen LogP contribution < -0.4 is 10.6 Å². The maximum absolute atomic E-state index is 13.1. The summed E-state index contributed by atoms with van der Waals surface area (Å²) in [5, 5.41) is 5.11. The molecule has 1 aliphatic rings. The molecule has 0 spiro atoms. The van der Waals surface area contributed by atoms with Gasteiger partial charge in [0.2, 0.25) is 15.9 Å². The number of furan rings is 1. The van der Waals surface area contributed by atoms with Crippen LogP contribution in [0.2, 0.25) is 0 Å². The first-order valence-corrected chi connectivity index (χ1v) is 11.9. The Kier molecular flexibility index (Phi) is 5.35. The third-order valence-corrected chi connectivity index (χ3v) is 7.26. The van der Waals surface area contributed by atoms with Crippen LogP contribution in [-0.4, -0.2) is 38.0 Å². The molecule has 168 valence electrons. The molecule has 33 heavy (non-hydrogen) atoms. The maximum Gasteiger partial charge on any atom is 0.240 e. The zero-order valence-electron chi connectivity index (χ0n) is 17.6. The van der Waals surface area contributed by atoms with E-state index in [0.29, 0.717) is 24.3 Å². The Labute approximate surface area is 190 Å².